The lowest BCUT2D eigenvalue weighted by Gasteiger charge is -2.39. The second kappa shape index (κ2) is 14.2. The molecule has 43 heavy (non-hydrogen) atoms. The van der Waals surface area contributed by atoms with E-state index in [1.54, 1.807) is 22.0 Å². The minimum Gasteiger partial charge on any atom is -0.396 e. The lowest BCUT2D eigenvalue weighted by molar-refractivity contribution is -0.152. The number of para-hydroxylation sites is 1. The molecule has 1 aromatic rings. The molecule has 2 bridgehead atoms. The summed E-state index contributed by atoms with van der Waals surface area (Å²) in [6.45, 7) is 15.8. The van der Waals surface area contributed by atoms with Crippen LogP contribution in [0.1, 0.15) is 72.1 Å². The summed E-state index contributed by atoms with van der Waals surface area (Å²) in [4.78, 5) is 48.9. The number of benzene rings is 1. The molecule has 0 saturated carbocycles. The van der Waals surface area contributed by atoms with Crippen LogP contribution in [-0.2, 0) is 19.1 Å². The Morgan fingerprint density at radius 1 is 1.05 bits per heavy atom. The summed E-state index contributed by atoms with van der Waals surface area (Å²) in [6.07, 6.45) is 10.0. The molecule has 3 heterocycles. The third-order valence-corrected chi connectivity index (χ3v) is 9.96. The first kappa shape index (κ1) is 32.9. The third kappa shape index (κ3) is 6.05. The molecular formula is C35H51N3O5. The van der Waals surface area contributed by atoms with E-state index in [0.29, 0.717) is 45.4 Å². The second-order valence-corrected chi connectivity index (χ2v) is 12.7. The number of ether oxygens (including phenoxy) is 1. The van der Waals surface area contributed by atoms with Crippen LogP contribution in [0.3, 0.4) is 0 Å². The monoisotopic (exact) mass is 593 g/mol. The summed E-state index contributed by atoms with van der Waals surface area (Å²) in [5.74, 6) is -1.94. The topological polar surface area (TPSA) is 90.4 Å². The number of hydrogen-bond donors (Lipinski definition) is 1. The summed E-state index contributed by atoms with van der Waals surface area (Å²) in [5, 5.41) is 9.23. The van der Waals surface area contributed by atoms with Crippen LogP contribution in [0.4, 0.5) is 5.69 Å². The van der Waals surface area contributed by atoms with Crippen LogP contribution >= 0.6 is 0 Å². The Hall–Kier alpha value is -2.97. The Balaban J connectivity index is 1.75. The molecular weight excluding hydrogens is 542 g/mol. The van der Waals surface area contributed by atoms with Gasteiger partial charge >= 0.3 is 0 Å². The number of rotatable bonds is 17. The molecule has 3 unspecified atom stereocenters. The maximum Gasteiger partial charge on any atom is 0.248 e. The van der Waals surface area contributed by atoms with Gasteiger partial charge in [0, 0.05) is 38.5 Å². The highest BCUT2D eigenvalue weighted by atomic mass is 16.5. The highest BCUT2D eigenvalue weighted by Gasteiger charge is 2.80. The van der Waals surface area contributed by atoms with Crippen molar-refractivity contribution in [2.24, 2.45) is 17.8 Å². The predicted octanol–water partition coefficient (Wildman–Crippen LogP) is 4.97. The summed E-state index contributed by atoms with van der Waals surface area (Å²) >= 11 is 0. The van der Waals surface area contributed by atoms with Crippen molar-refractivity contribution in [3.8, 4) is 0 Å². The fourth-order valence-electron chi connectivity index (χ4n) is 7.78. The molecule has 0 aliphatic carbocycles. The fraction of sp³-hybridized carbons (Fsp3) is 0.629. The molecule has 6 atom stereocenters. The summed E-state index contributed by atoms with van der Waals surface area (Å²) in [7, 11) is 0. The number of carbonyl (C=O) groups excluding carboxylic acids is 3. The van der Waals surface area contributed by atoms with Gasteiger partial charge in [0.1, 0.15) is 11.6 Å². The van der Waals surface area contributed by atoms with Gasteiger partial charge in [0.05, 0.1) is 17.4 Å². The van der Waals surface area contributed by atoms with Crippen LogP contribution in [0, 0.1) is 17.8 Å². The van der Waals surface area contributed by atoms with Crippen LogP contribution in [0.15, 0.2) is 55.6 Å². The van der Waals surface area contributed by atoms with Crippen molar-refractivity contribution in [1.29, 1.82) is 0 Å². The van der Waals surface area contributed by atoms with Gasteiger partial charge in [0.2, 0.25) is 17.7 Å². The Kier molecular flexibility index (Phi) is 10.9. The van der Waals surface area contributed by atoms with Gasteiger partial charge < -0.3 is 24.5 Å². The summed E-state index contributed by atoms with van der Waals surface area (Å²) in [5.41, 5.74) is -1.22. The molecule has 1 aromatic carbocycles. The first-order chi connectivity index (χ1) is 20.7. The maximum absolute atomic E-state index is 14.6. The molecule has 3 fully saturated rings. The Labute approximate surface area is 257 Å². The van der Waals surface area contributed by atoms with Crippen molar-refractivity contribution >= 4 is 23.4 Å². The van der Waals surface area contributed by atoms with Gasteiger partial charge in [-0.3, -0.25) is 14.4 Å². The number of nitrogens with zero attached hydrogens (tertiary/aromatic N) is 3. The highest BCUT2D eigenvalue weighted by molar-refractivity contribution is 6.03. The van der Waals surface area contributed by atoms with Gasteiger partial charge in [-0.25, -0.2) is 0 Å². The van der Waals surface area contributed by atoms with Crippen LogP contribution in [0.25, 0.3) is 0 Å². The number of amides is 3. The molecule has 236 valence electrons. The molecule has 8 nitrogen and oxygen atoms in total. The Bertz CT molecular complexity index is 1160. The molecule has 0 radical (unpaired) electrons. The lowest BCUT2D eigenvalue weighted by atomic mass is 9.62. The van der Waals surface area contributed by atoms with E-state index in [1.165, 1.54) is 0 Å². The number of aliphatic hydroxyl groups excluding tert-OH is 1. The average Bonchev–Trinajstić information content (AvgIpc) is 3.51. The average molecular weight is 594 g/mol. The number of aliphatic hydroxyl groups is 1. The molecule has 3 aliphatic heterocycles. The molecule has 0 aromatic heterocycles. The van der Waals surface area contributed by atoms with E-state index in [-0.39, 0.29) is 30.2 Å². The highest BCUT2D eigenvalue weighted by Crippen LogP contribution is 2.65. The zero-order chi connectivity index (χ0) is 31.2. The van der Waals surface area contributed by atoms with Crippen LogP contribution in [0.5, 0.6) is 0 Å². The van der Waals surface area contributed by atoms with Crippen molar-refractivity contribution < 1.29 is 24.2 Å². The first-order valence-electron chi connectivity index (χ1n) is 16.2. The zero-order valence-corrected chi connectivity index (χ0v) is 26.4. The molecule has 1 N–H and O–H groups in total. The van der Waals surface area contributed by atoms with Gasteiger partial charge in [0.15, 0.2) is 0 Å². The summed E-state index contributed by atoms with van der Waals surface area (Å²) in [6, 6.07) is 8.68. The zero-order valence-electron chi connectivity index (χ0n) is 26.4. The summed E-state index contributed by atoms with van der Waals surface area (Å²) < 4.78 is 6.97. The number of carbonyl (C=O) groups is 3. The lowest BCUT2D eigenvalue weighted by Crippen LogP contribution is -2.57. The van der Waals surface area contributed by atoms with Crippen molar-refractivity contribution in [2.75, 3.05) is 37.7 Å². The van der Waals surface area contributed by atoms with Gasteiger partial charge in [-0.05, 0) is 50.7 Å². The van der Waals surface area contributed by atoms with E-state index in [4.69, 9.17) is 4.74 Å². The van der Waals surface area contributed by atoms with Crippen molar-refractivity contribution in [3.63, 3.8) is 0 Å². The molecule has 1 spiro atoms. The van der Waals surface area contributed by atoms with Gasteiger partial charge in [-0.15, -0.1) is 13.2 Å². The minimum atomic E-state index is -1.07. The Morgan fingerprint density at radius 2 is 1.74 bits per heavy atom. The minimum absolute atomic E-state index is 0.0281. The van der Waals surface area contributed by atoms with E-state index in [9.17, 15) is 19.5 Å². The SMILES string of the molecule is C=CCN(CCCCC)C(=O)C1N(CCCCCCO)C(=O)[C@@H]2[C@H](C(=O)N(CC=C)c3ccccc3)[C@@]3(C)OC12CC3C. The number of unbranched alkanes of at least 4 members (excludes halogenated alkanes) is 5. The van der Waals surface area contributed by atoms with E-state index in [0.717, 1.165) is 37.8 Å². The number of likely N-dealkylation sites (tertiary alicyclic amines) is 1. The fourth-order valence-corrected chi connectivity index (χ4v) is 7.78. The molecule has 3 aliphatic rings. The number of anilines is 1. The molecule has 3 saturated heterocycles. The van der Waals surface area contributed by atoms with E-state index < -0.39 is 29.1 Å². The molecule has 8 heteroatoms. The quantitative estimate of drug-likeness (QED) is 0.203. The third-order valence-electron chi connectivity index (χ3n) is 9.96. The first-order valence-corrected chi connectivity index (χ1v) is 16.2. The predicted molar refractivity (Wildman–Crippen MR) is 169 cm³/mol. The second-order valence-electron chi connectivity index (χ2n) is 12.7. The normalized spacial score (nSPS) is 29.0. The van der Waals surface area contributed by atoms with Gasteiger partial charge in [0.25, 0.3) is 0 Å². The van der Waals surface area contributed by atoms with Crippen molar-refractivity contribution in [3.05, 3.63) is 55.6 Å². The largest absolute Gasteiger partial charge is 0.396 e. The number of fused-ring (bicyclic) bond motifs is 1. The number of hydrogen-bond acceptors (Lipinski definition) is 5. The van der Waals surface area contributed by atoms with Crippen molar-refractivity contribution in [2.45, 2.75) is 89.4 Å². The van der Waals surface area contributed by atoms with Gasteiger partial charge in [-0.2, -0.15) is 0 Å². The van der Waals surface area contributed by atoms with Crippen molar-refractivity contribution in [1.82, 2.24) is 9.80 Å². The van der Waals surface area contributed by atoms with Crippen LogP contribution in [0.2, 0.25) is 0 Å². The maximum atomic E-state index is 14.6. The smallest absolute Gasteiger partial charge is 0.248 e. The van der Waals surface area contributed by atoms with E-state index in [2.05, 4.69) is 27.0 Å². The Morgan fingerprint density at radius 3 is 2.40 bits per heavy atom. The van der Waals surface area contributed by atoms with Crippen LogP contribution < -0.4 is 4.90 Å². The van der Waals surface area contributed by atoms with Crippen LogP contribution in [-0.4, -0.2) is 82.7 Å². The van der Waals surface area contributed by atoms with Gasteiger partial charge in [-0.1, -0.05) is 69.9 Å². The van der Waals surface area contributed by atoms with E-state index in [1.807, 2.05) is 42.2 Å². The standard InChI is InChI=1S/C35H51N3O5/c1-6-9-15-22-36(20-7-2)33(42)30-35-25-26(4)34(5,43-35)28(29(35)32(41)38(30)23-16-10-11-17-24-39)31(40)37(21-8-3)27-18-13-12-14-19-27/h7-8,12-14,18-19,26,28-30,39H,2-3,6,9-11,15-17,20-25H2,1,4-5H3/t26?,28-,29+,30?,34+,35?/m1/s1. The van der Waals surface area contributed by atoms with E-state index >= 15 is 0 Å². The molecule has 4 rings (SSSR count). The molecule has 3 amide bonds.